The number of nitrogens with two attached hydrogens (primary N) is 1. The predicted octanol–water partition coefficient (Wildman–Crippen LogP) is 2.91. The van der Waals surface area contributed by atoms with E-state index in [4.69, 9.17) is 15.2 Å². The van der Waals surface area contributed by atoms with Crippen LogP contribution in [0, 0.1) is 0 Å². The lowest BCUT2D eigenvalue weighted by Crippen LogP contribution is -2.38. The molecule has 0 fully saturated rings. The van der Waals surface area contributed by atoms with Crippen molar-refractivity contribution in [3.05, 3.63) is 23.8 Å². The summed E-state index contributed by atoms with van der Waals surface area (Å²) >= 11 is 0. The highest BCUT2D eigenvalue weighted by Gasteiger charge is 2.22. The van der Waals surface area contributed by atoms with E-state index in [2.05, 4.69) is 24.2 Å². The molecule has 1 aromatic rings. The van der Waals surface area contributed by atoms with Crippen LogP contribution in [0.2, 0.25) is 0 Å². The number of hydrogen-bond acceptors (Lipinski definition) is 3. The number of guanidine groups is 1. The maximum atomic E-state index is 5.86. The lowest BCUT2D eigenvalue weighted by molar-refractivity contribution is 0.353. The van der Waals surface area contributed by atoms with Crippen molar-refractivity contribution in [3.8, 4) is 11.5 Å². The molecule has 0 radical (unpaired) electrons. The third-order valence-electron chi connectivity index (χ3n) is 3.25. The van der Waals surface area contributed by atoms with Crippen molar-refractivity contribution in [2.75, 3.05) is 20.8 Å². The first kappa shape index (κ1) is 20.8. The molecule has 22 heavy (non-hydrogen) atoms. The third-order valence-corrected chi connectivity index (χ3v) is 3.25. The molecule has 0 bridgehead atoms. The molecule has 0 aliphatic carbocycles. The van der Waals surface area contributed by atoms with Crippen LogP contribution in [-0.4, -0.2) is 32.8 Å². The highest BCUT2D eigenvalue weighted by atomic mass is 127. The van der Waals surface area contributed by atoms with Crippen molar-refractivity contribution in [1.29, 1.82) is 0 Å². The molecule has 0 amide bonds. The monoisotopic (exact) mass is 421 g/mol. The predicted molar refractivity (Wildman–Crippen MR) is 103 cm³/mol. The molecular weight excluding hydrogens is 393 g/mol. The zero-order chi connectivity index (χ0) is 16.0. The minimum absolute atomic E-state index is 0. The van der Waals surface area contributed by atoms with Gasteiger partial charge in [-0.05, 0) is 31.5 Å². The molecule has 0 aromatic heterocycles. The molecule has 0 aliphatic heterocycles. The van der Waals surface area contributed by atoms with Gasteiger partial charge in [-0.2, -0.15) is 0 Å². The highest BCUT2D eigenvalue weighted by Crippen LogP contribution is 2.33. The van der Waals surface area contributed by atoms with Gasteiger partial charge >= 0.3 is 0 Å². The summed E-state index contributed by atoms with van der Waals surface area (Å²) in [7, 11) is 3.27. The number of aliphatic imine (C=N–C) groups is 1. The second-order valence-electron chi connectivity index (χ2n) is 5.95. The van der Waals surface area contributed by atoms with Gasteiger partial charge in [0.25, 0.3) is 0 Å². The fraction of sp³-hybridized carbons (Fsp3) is 0.562. The highest BCUT2D eigenvalue weighted by molar-refractivity contribution is 14.0. The minimum Gasteiger partial charge on any atom is -0.493 e. The van der Waals surface area contributed by atoms with Crippen LogP contribution in [0.3, 0.4) is 0 Å². The zero-order valence-electron chi connectivity index (χ0n) is 14.3. The van der Waals surface area contributed by atoms with E-state index in [1.54, 1.807) is 14.2 Å². The Labute approximate surface area is 150 Å². The standard InChI is InChI=1S/C16H27N3O2.HI/c1-11(2)19-15(17)18-10-16(3,4)12-7-8-13(20-5)14(9-12)21-6;/h7-9,11H,10H2,1-6H3,(H3,17,18,19);1H. The van der Waals surface area contributed by atoms with Crippen LogP contribution in [0.5, 0.6) is 11.5 Å². The number of nitrogens with one attached hydrogen (secondary N) is 1. The number of halogens is 1. The Morgan fingerprint density at radius 3 is 2.32 bits per heavy atom. The number of rotatable bonds is 6. The lowest BCUT2D eigenvalue weighted by Gasteiger charge is -2.24. The average Bonchev–Trinajstić information content (AvgIpc) is 2.43. The molecule has 0 heterocycles. The molecule has 1 rings (SSSR count). The molecule has 6 heteroatoms. The van der Waals surface area contributed by atoms with Crippen molar-refractivity contribution in [2.45, 2.75) is 39.2 Å². The van der Waals surface area contributed by atoms with Crippen molar-refractivity contribution in [1.82, 2.24) is 5.32 Å². The van der Waals surface area contributed by atoms with Crippen molar-refractivity contribution in [3.63, 3.8) is 0 Å². The Morgan fingerprint density at radius 1 is 1.23 bits per heavy atom. The summed E-state index contributed by atoms with van der Waals surface area (Å²) in [4.78, 5) is 4.42. The molecule has 0 saturated carbocycles. The fourth-order valence-corrected chi connectivity index (χ4v) is 1.97. The maximum Gasteiger partial charge on any atom is 0.188 e. The summed E-state index contributed by atoms with van der Waals surface area (Å²) in [5.41, 5.74) is 6.83. The van der Waals surface area contributed by atoms with Gasteiger partial charge in [-0.1, -0.05) is 19.9 Å². The first-order valence-corrected chi connectivity index (χ1v) is 7.09. The van der Waals surface area contributed by atoms with Crippen molar-refractivity contribution < 1.29 is 9.47 Å². The summed E-state index contributed by atoms with van der Waals surface area (Å²) < 4.78 is 10.6. The molecule has 0 atom stereocenters. The number of hydrogen-bond donors (Lipinski definition) is 2. The molecular formula is C16H28IN3O2. The van der Waals surface area contributed by atoms with E-state index in [-0.39, 0.29) is 35.4 Å². The second kappa shape index (κ2) is 9.07. The van der Waals surface area contributed by atoms with Gasteiger partial charge in [-0.3, -0.25) is 4.99 Å². The molecule has 5 nitrogen and oxygen atoms in total. The van der Waals surface area contributed by atoms with Crippen LogP contribution in [-0.2, 0) is 5.41 Å². The molecule has 0 saturated heterocycles. The number of benzene rings is 1. The Kier molecular flexibility index (Phi) is 8.58. The quantitative estimate of drug-likeness (QED) is 0.421. The molecule has 0 aliphatic rings. The second-order valence-corrected chi connectivity index (χ2v) is 5.95. The Balaban J connectivity index is 0.00000441. The first-order valence-electron chi connectivity index (χ1n) is 7.09. The van der Waals surface area contributed by atoms with Gasteiger partial charge < -0.3 is 20.5 Å². The van der Waals surface area contributed by atoms with Crippen LogP contribution >= 0.6 is 24.0 Å². The minimum atomic E-state index is -0.150. The molecule has 1 aromatic carbocycles. The van der Waals surface area contributed by atoms with Gasteiger partial charge in [0.2, 0.25) is 0 Å². The molecule has 126 valence electrons. The fourth-order valence-electron chi connectivity index (χ4n) is 1.97. The third kappa shape index (κ3) is 5.90. The Bertz CT molecular complexity index is 502. The first-order chi connectivity index (χ1) is 9.80. The summed E-state index contributed by atoms with van der Waals surface area (Å²) in [5.74, 6) is 1.92. The summed E-state index contributed by atoms with van der Waals surface area (Å²) in [5, 5.41) is 3.09. The SMILES string of the molecule is COc1ccc(C(C)(C)CN=C(N)NC(C)C)cc1OC.I. The summed E-state index contributed by atoms with van der Waals surface area (Å²) in [6.07, 6.45) is 0. The van der Waals surface area contributed by atoms with Gasteiger partial charge in [0, 0.05) is 11.5 Å². The van der Waals surface area contributed by atoms with E-state index in [0.717, 1.165) is 17.1 Å². The largest absolute Gasteiger partial charge is 0.493 e. The van der Waals surface area contributed by atoms with Gasteiger partial charge in [-0.25, -0.2) is 0 Å². The van der Waals surface area contributed by atoms with Crippen LogP contribution in [0.1, 0.15) is 33.3 Å². The van der Waals surface area contributed by atoms with Gasteiger partial charge in [0.1, 0.15) is 0 Å². The Hall–Kier alpha value is -1.18. The zero-order valence-corrected chi connectivity index (χ0v) is 16.6. The molecule has 3 N–H and O–H groups in total. The topological polar surface area (TPSA) is 68.9 Å². The van der Waals surface area contributed by atoms with Gasteiger partial charge in [0.15, 0.2) is 17.5 Å². The summed E-state index contributed by atoms with van der Waals surface area (Å²) in [6, 6.07) is 6.21. The molecule has 0 spiro atoms. The van der Waals surface area contributed by atoms with Crippen LogP contribution < -0.4 is 20.5 Å². The van der Waals surface area contributed by atoms with E-state index in [9.17, 15) is 0 Å². The van der Waals surface area contributed by atoms with E-state index in [1.165, 1.54) is 0 Å². The van der Waals surface area contributed by atoms with Crippen molar-refractivity contribution in [2.24, 2.45) is 10.7 Å². The number of nitrogens with zero attached hydrogens (tertiary/aromatic N) is 1. The van der Waals surface area contributed by atoms with Crippen LogP contribution in [0.25, 0.3) is 0 Å². The van der Waals surface area contributed by atoms with E-state index >= 15 is 0 Å². The maximum absolute atomic E-state index is 5.86. The number of methoxy groups -OCH3 is 2. The van der Waals surface area contributed by atoms with Crippen LogP contribution in [0.4, 0.5) is 0 Å². The van der Waals surface area contributed by atoms with Gasteiger partial charge in [0.05, 0.1) is 20.8 Å². The number of ether oxygens (including phenoxy) is 2. The normalized spacial score (nSPS) is 11.9. The summed E-state index contributed by atoms with van der Waals surface area (Å²) in [6.45, 7) is 8.90. The van der Waals surface area contributed by atoms with E-state index in [1.807, 2.05) is 32.0 Å². The average molecular weight is 421 g/mol. The van der Waals surface area contributed by atoms with Gasteiger partial charge in [-0.15, -0.1) is 24.0 Å². The van der Waals surface area contributed by atoms with E-state index < -0.39 is 0 Å². The van der Waals surface area contributed by atoms with Crippen LogP contribution in [0.15, 0.2) is 23.2 Å². The van der Waals surface area contributed by atoms with Crippen molar-refractivity contribution >= 4 is 29.9 Å². The molecule has 0 unspecified atom stereocenters. The van der Waals surface area contributed by atoms with E-state index in [0.29, 0.717) is 12.5 Å². The smallest absolute Gasteiger partial charge is 0.188 e. The Morgan fingerprint density at radius 2 is 1.82 bits per heavy atom. The lowest BCUT2D eigenvalue weighted by atomic mass is 9.84.